The van der Waals surface area contributed by atoms with Crippen LogP contribution in [0, 0.1) is 6.92 Å². The summed E-state index contributed by atoms with van der Waals surface area (Å²) in [6.45, 7) is 4.35. The number of amides is 2. The van der Waals surface area contributed by atoms with Crippen LogP contribution in [0.3, 0.4) is 0 Å². The molecule has 1 aromatic carbocycles. The summed E-state index contributed by atoms with van der Waals surface area (Å²) in [7, 11) is 0. The molecule has 3 aromatic rings. The summed E-state index contributed by atoms with van der Waals surface area (Å²) in [5.74, 6) is -0.178. The van der Waals surface area contributed by atoms with Crippen LogP contribution >= 0.6 is 11.3 Å². The van der Waals surface area contributed by atoms with Crippen molar-refractivity contribution >= 4 is 39.1 Å². The highest BCUT2D eigenvalue weighted by atomic mass is 32.1. The first-order valence-electron chi connectivity index (χ1n) is 10.3. The largest absolute Gasteiger partial charge is 0.351 e. The van der Waals surface area contributed by atoms with Gasteiger partial charge in [-0.2, -0.15) is 0 Å². The van der Waals surface area contributed by atoms with Gasteiger partial charge in [-0.15, -0.1) is 11.3 Å². The summed E-state index contributed by atoms with van der Waals surface area (Å²) < 4.78 is 2.03. The van der Waals surface area contributed by atoms with Gasteiger partial charge in [0.25, 0.3) is 5.91 Å². The maximum Gasteiger partial charge on any atom is 0.275 e. The first kappa shape index (κ1) is 18.4. The van der Waals surface area contributed by atoms with Gasteiger partial charge in [0.05, 0.1) is 6.54 Å². The Bertz CT molecular complexity index is 1110. The van der Waals surface area contributed by atoms with Gasteiger partial charge in [-0.05, 0) is 55.8 Å². The topological polar surface area (TPSA) is 54.3 Å². The molecule has 2 aromatic heterocycles. The Morgan fingerprint density at radius 3 is 2.72 bits per heavy atom. The highest BCUT2D eigenvalue weighted by Gasteiger charge is 2.49. The third-order valence-electron chi connectivity index (χ3n) is 6.42. The number of benzene rings is 1. The average Bonchev–Trinajstić information content (AvgIpc) is 3.42. The van der Waals surface area contributed by atoms with Gasteiger partial charge in [0.1, 0.15) is 16.1 Å². The summed E-state index contributed by atoms with van der Waals surface area (Å²) in [6, 6.07) is 12.0. The van der Waals surface area contributed by atoms with E-state index in [1.807, 2.05) is 60.2 Å². The first-order valence-corrected chi connectivity index (χ1v) is 11.1. The molecule has 1 saturated carbocycles. The van der Waals surface area contributed by atoms with E-state index >= 15 is 0 Å². The van der Waals surface area contributed by atoms with Crippen LogP contribution < -0.4 is 10.2 Å². The molecule has 0 radical (unpaired) electrons. The van der Waals surface area contributed by atoms with Crippen molar-refractivity contribution in [2.45, 2.75) is 57.7 Å². The Morgan fingerprint density at radius 2 is 1.97 bits per heavy atom. The fourth-order valence-corrected chi connectivity index (χ4v) is 5.70. The molecule has 5 rings (SSSR count). The number of carbonyl (C=O) groups is 2. The molecule has 2 aliphatic rings. The van der Waals surface area contributed by atoms with Crippen LogP contribution in [0.1, 0.15) is 48.7 Å². The molecule has 1 atom stereocenters. The molecule has 1 N–H and O–H groups in total. The summed E-state index contributed by atoms with van der Waals surface area (Å²) in [5.41, 5.74) is 1.45. The molecular weight excluding hydrogens is 382 g/mol. The van der Waals surface area contributed by atoms with Crippen molar-refractivity contribution in [1.82, 2.24) is 9.88 Å². The Kier molecular flexibility index (Phi) is 4.28. The maximum atomic E-state index is 13.7. The second-order valence-corrected chi connectivity index (χ2v) is 9.35. The van der Waals surface area contributed by atoms with Gasteiger partial charge in [-0.3, -0.25) is 14.5 Å². The lowest BCUT2D eigenvalue weighted by molar-refractivity contribution is -0.127. The Morgan fingerprint density at radius 1 is 1.21 bits per heavy atom. The van der Waals surface area contributed by atoms with E-state index in [9.17, 15) is 9.59 Å². The molecule has 150 valence electrons. The zero-order valence-corrected chi connectivity index (χ0v) is 17.6. The van der Waals surface area contributed by atoms with Crippen LogP contribution in [0.2, 0.25) is 0 Å². The Hall–Kier alpha value is -2.60. The average molecular weight is 408 g/mol. The number of nitrogens with one attached hydrogen (secondary N) is 1. The SMILES string of the molecule is Cc1ccccc1N1C(=O)c2cc3ccsc3n2CC1(C)C(=O)NC1CCCC1. The van der Waals surface area contributed by atoms with Crippen molar-refractivity contribution in [3.05, 3.63) is 53.0 Å². The van der Waals surface area contributed by atoms with Crippen LogP contribution in [-0.2, 0) is 11.3 Å². The summed E-state index contributed by atoms with van der Waals surface area (Å²) in [4.78, 5) is 30.1. The van der Waals surface area contributed by atoms with Crippen molar-refractivity contribution < 1.29 is 9.59 Å². The van der Waals surface area contributed by atoms with E-state index in [-0.39, 0.29) is 17.9 Å². The van der Waals surface area contributed by atoms with Crippen LogP contribution in [-0.4, -0.2) is 28.0 Å². The number of hydrogen-bond acceptors (Lipinski definition) is 3. The number of carbonyl (C=O) groups excluding carboxylic acids is 2. The van der Waals surface area contributed by atoms with Gasteiger partial charge in [0, 0.05) is 17.1 Å². The molecule has 29 heavy (non-hydrogen) atoms. The predicted molar refractivity (Wildman–Crippen MR) is 117 cm³/mol. The molecule has 0 bridgehead atoms. The fraction of sp³-hybridized carbons (Fsp3) is 0.391. The van der Waals surface area contributed by atoms with Crippen molar-refractivity contribution in [2.24, 2.45) is 0 Å². The summed E-state index contributed by atoms with van der Waals surface area (Å²) in [5, 5.41) is 6.34. The number of thiophene rings is 1. The zero-order chi connectivity index (χ0) is 20.2. The maximum absolute atomic E-state index is 13.7. The molecule has 1 aliphatic heterocycles. The second-order valence-electron chi connectivity index (χ2n) is 8.45. The van der Waals surface area contributed by atoms with Crippen LogP contribution in [0.15, 0.2) is 41.8 Å². The highest BCUT2D eigenvalue weighted by Crippen LogP contribution is 2.38. The van der Waals surface area contributed by atoms with Gasteiger partial charge in [-0.1, -0.05) is 31.0 Å². The second kappa shape index (κ2) is 6.73. The van der Waals surface area contributed by atoms with Gasteiger partial charge in [0.15, 0.2) is 0 Å². The third-order valence-corrected chi connectivity index (χ3v) is 7.37. The number of hydrogen-bond donors (Lipinski definition) is 1. The van der Waals surface area contributed by atoms with E-state index in [0.717, 1.165) is 47.2 Å². The number of aromatic nitrogens is 1. The molecule has 0 spiro atoms. The molecule has 6 heteroatoms. The lowest BCUT2D eigenvalue weighted by Gasteiger charge is -2.44. The predicted octanol–water partition coefficient (Wildman–Crippen LogP) is 4.49. The number of para-hydroxylation sites is 1. The van der Waals surface area contributed by atoms with Crippen LogP contribution in [0.4, 0.5) is 5.69 Å². The molecule has 3 heterocycles. The number of anilines is 1. The Balaban J connectivity index is 1.64. The monoisotopic (exact) mass is 407 g/mol. The molecule has 0 saturated heterocycles. The van der Waals surface area contributed by atoms with Gasteiger partial charge in [-0.25, -0.2) is 0 Å². The minimum absolute atomic E-state index is 0.0648. The number of fused-ring (bicyclic) bond motifs is 3. The minimum Gasteiger partial charge on any atom is -0.351 e. The first-order chi connectivity index (χ1) is 14.0. The molecular formula is C23H25N3O2S. The van der Waals surface area contributed by atoms with Crippen molar-refractivity contribution in [1.29, 1.82) is 0 Å². The van der Waals surface area contributed by atoms with Gasteiger partial charge >= 0.3 is 0 Å². The normalized spacial score (nSPS) is 22.3. The van der Waals surface area contributed by atoms with E-state index < -0.39 is 5.54 Å². The van der Waals surface area contributed by atoms with Gasteiger partial charge < -0.3 is 9.88 Å². The lowest BCUT2D eigenvalue weighted by atomic mass is 9.92. The summed E-state index contributed by atoms with van der Waals surface area (Å²) >= 11 is 1.62. The minimum atomic E-state index is -0.991. The quantitative estimate of drug-likeness (QED) is 0.696. The molecule has 1 aliphatic carbocycles. The lowest BCUT2D eigenvalue weighted by Crippen LogP contribution is -2.65. The number of nitrogens with zero attached hydrogens (tertiary/aromatic N) is 2. The van der Waals surface area contributed by atoms with Crippen molar-refractivity contribution in [2.75, 3.05) is 4.90 Å². The van der Waals surface area contributed by atoms with Crippen molar-refractivity contribution in [3.63, 3.8) is 0 Å². The Labute approximate surface area is 174 Å². The smallest absolute Gasteiger partial charge is 0.275 e. The standard InChI is InChI=1S/C23H25N3O2S/c1-15-7-3-6-10-18(15)26-20(27)19-13-16-11-12-29-21(16)25(19)14-23(26,2)22(28)24-17-8-4-5-9-17/h3,6-7,10-13,17H,4-5,8-9,14H2,1-2H3,(H,24,28). The molecule has 5 nitrogen and oxygen atoms in total. The molecule has 1 fully saturated rings. The van der Waals surface area contributed by atoms with E-state index in [1.165, 1.54) is 0 Å². The fourth-order valence-electron chi connectivity index (χ4n) is 4.80. The highest BCUT2D eigenvalue weighted by molar-refractivity contribution is 7.16. The van der Waals surface area contributed by atoms with E-state index in [2.05, 4.69) is 5.32 Å². The van der Waals surface area contributed by atoms with E-state index in [1.54, 1.807) is 16.2 Å². The zero-order valence-electron chi connectivity index (χ0n) is 16.8. The molecule has 1 unspecified atom stereocenters. The van der Waals surface area contributed by atoms with E-state index in [0.29, 0.717) is 12.2 Å². The van der Waals surface area contributed by atoms with Gasteiger partial charge in [0.2, 0.25) is 5.91 Å². The van der Waals surface area contributed by atoms with Crippen molar-refractivity contribution in [3.8, 4) is 0 Å². The number of aryl methyl sites for hydroxylation is 1. The number of rotatable bonds is 3. The molecule has 2 amide bonds. The summed E-state index contributed by atoms with van der Waals surface area (Å²) in [6.07, 6.45) is 4.34. The van der Waals surface area contributed by atoms with Crippen LogP contribution in [0.25, 0.3) is 10.2 Å². The van der Waals surface area contributed by atoms with E-state index in [4.69, 9.17) is 0 Å². The third kappa shape index (κ3) is 2.81. The van der Waals surface area contributed by atoms with Crippen LogP contribution in [0.5, 0.6) is 0 Å².